The molecule has 3 rings (SSSR count). The third-order valence-electron chi connectivity index (χ3n) is 4.45. The van der Waals surface area contributed by atoms with E-state index >= 15 is 0 Å². The Morgan fingerprint density at radius 3 is 1.76 bits per heavy atom. The van der Waals surface area contributed by atoms with E-state index in [0.29, 0.717) is 0 Å². The summed E-state index contributed by atoms with van der Waals surface area (Å²) >= 11 is 0. The van der Waals surface area contributed by atoms with Gasteiger partial charge in [-0.3, -0.25) is 4.79 Å². The number of hydrogen-bond donors (Lipinski definition) is 0. The molecule has 0 aliphatic heterocycles. The maximum Gasteiger partial charge on any atom is 0.185 e. The first-order chi connectivity index (χ1) is 12.1. The van der Waals surface area contributed by atoms with Gasteiger partial charge in [0.05, 0.1) is 7.11 Å². The number of nitrogens with zero attached hydrogens (tertiary/aromatic N) is 1. The molecule has 1 fully saturated rings. The second-order valence-corrected chi connectivity index (χ2v) is 6.43. The van der Waals surface area contributed by atoms with Gasteiger partial charge in [-0.25, -0.2) is 0 Å². The first-order valence-corrected chi connectivity index (χ1v) is 8.44. The van der Waals surface area contributed by atoms with Crippen LogP contribution in [0.3, 0.4) is 0 Å². The van der Waals surface area contributed by atoms with Gasteiger partial charge in [0.25, 0.3) is 0 Å². The van der Waals surface area contributed by atoms with E-state index in [1.807, 2.05) is 50.5 Å². The van der Waals surface area contributed by atoms with E-state index < -0.39 is 0 Å². The van der Waals surface area contributed by atoms with Gasteiger partial charge in [0.1, 0.15) is 5.75 Å². The van der Waals surface area contributed by atoms with Crippen LogP contribution in [0, 0.1) is 0 Å². The van der Waals surface area contributed by atoms with E-state index in [4.69, 9.17) is 4.74 Å². The van der Waals surface area contributed by atoms with Crippen LogP contribution in [0.5, 0.6) is 5.75 Å². The summed E-state index contributed by atoms with van der Waals surface area (Å²) in [6, 6.07) is 16.0. The normalized spacial score (nSPS) is 17.3. The monoisotopic (exact) mass is 333 g/mol. The van der Waals surface area contributed by atoms with Crippen LogP contribution >= 0.6 is 0 Å². The van der Waals surface area contributed by atoms with Gasteiger partial charge in [0, 0.05) is 30.9 Å². The maximum absolute atomic E-state index is 12.6. The fraction of sp³-hybridized carbons (Fsp3) is 0.227. The van der Waals surface area contributed by atoms with Crippen molar-refractivity contribution in [1.29, 1.82) is 0 Å². The minimum absolute atomic E-state index is 0.160. The molecule has 2 aromatic rings. The standard InChI is InChI=1S/C22H23NO2/c1-23(2)20-10-4-16(5-11-20)14-18-8-9-19(22(18)24)15-17-6-12-21(25-3)13-7-17/h4-7,10-15H,8-9H2,1-3H3. The molecular formula is C22H23NO2. The molecule has 0 spiro atoms. The largest absolute Gasteiger partial charge is 0.497 e. The molecule has 0 N–H and O–H groups in total. The predicted octanol–water partition coefficient (Wildman–Crippen LogP) is 4.59. The number of carbonyl (C=O) groups excluding carboxylic acids is 1. The Labute approximate surface area is 149 Å². The minimum Gasteiger partial charge on any atom is -0.497 e. The van der Waals surface area contributed by atoms with E-state index in [9.17, 15) is 4.79 Å². The molecular weight excluding hydrogens is 310 g/mol. The topological polar surface area (TPSA) is 29.5 Å². The van der Waals surface area contributed by atoms with Crippen molar-refractivity contribution < 1.29 is 9.53 Å². The van der Waals surface area contributed by atoms with Crippen LogP contribution in [0.1, 0.15) is 24.0 Å². The van der Waals surface area contributed by atoms with Gasteiger partial charge in [0.2, 0.25) is 0 Å². The Morgan fingerprint density at radius 1 is 0.840 bits per heavy atom. The van der Waals surface area contributed by atoms with E-state index in [1.54, 1.807) is 7.11 Å². The third kappa shape index (κ3) is 4.00. The molecule has 128 valence electrons. The highest BCUT2D eigenvalue weighted by atomic mass is 16.5. The van der Waals surface area contributed by atoms with Gasteiger partial charge < -0.3 is 9.64 Å². The van der Waals surface area contributed by atoms with Crippen molar-refractivity contribution >= 4 is 23.6 Å². The molecule has 0 atom stereocenters. The van der Waals surface area contributed by atoms with Gasteiger partial charge in [-0.15, -0.1) is 0 Å². The van der Waals surface area contributed by atoms with Crippen molar-refractivity contribution in [2.45, 2.75) is 12.8 Å². The fourth-order valence-electron chi connectivity index (χ4n) is 2.95. The number of benzene rings is 2. The highest BCUT2D eigenvalue weighted by Gasteiger charge is 2.22. The molecule has 25 heavy (non-hydrogen) atoms. The number of ether oxygens (including phenoxy) is 1. The van der Waals surface area contributed by atoms with E-state index in [0.717, 1.165) is 46.6 Å². The maximum atomic E-state index is 12.6. The molecule has 0 saturated heterocycles. The molecule has 3 nitrogen and oxygen atoms in total. The third-order valence-corrected chi connectivity index (χ3v) is 4.45. The Kier molecular flexibility index (Phi) is 5.03. The van der Waals surface area contributed by atoms with Crippen LogP contribution in [0.2, 0.25) is 0 Å². The number of Topliss-reactive ketones (excluding diaryl/α,β-unsaturated/α-hetero) is 1. The smallest absolute Gasteiger partial charge is 0.185 e. The van der Waals surface area contributed by atoms with Crippen LogP contribution in [-0.2, 0) is 4.79 Å². The van der Waals surface area contributed by atoms with E-state index in [1.165, 1.54) is 0 Å². The number of anilines is 1. The van der Waals surface area contributed by atoms with Crippen LogP contribution in [0.15, 0.2) is 59.7 Å². The molecule has 0 unspecified atom stereocenters. The number of carbonyl (C=O) groups is 1. The molecule has 0 aromatic heterocycles. The Bertz CT molecular complexity index is 812. The zero-order valence-electron chi connectivity index (χ0n) is 15.0. The van der Waals surface area contributed by atoms with Crippen LogP contribution in [0.25, 0.3) is 12.2 Å². The average Bonchev–Trinajstić information content (AvgIpc) is 2.96. The van der Waals surface area contributed by atoms with Gasteiger partial charge in [-0.05, 0) is 60.4 Å². The molecule has 0 heterocycles. The first kappa shape index (κ1) is 17.0. The summed E-state index contributed by atoms with van der Waals surface area (Å²) in [7, 11) is 5.69. The van der Waals surface area contributed by atoms with Crippen LogP contribution in [-0.4, -0.2) is 27.0 Å². The second kappa shape index (κ2) is 7.39. The Hall–Kier alpha value is -2.81. The van der Waals surface area contributed by atoms with Crippen molar-refractivity contribution in [1.82, 2.24) is 0 Å². The lowest BCUT2D eigenvalue weighted by molar-refractivity contribution is -0.111. The lowest BCUT2D eigenvalue weighted by Gasteiger charge is -2.11. The van der Waals surface area contributed by atoms with Crippen molar-refractivity contribution in [2.24, 2.45) is 0 Å². The summed E-state index contributed by atoms with van der Waals surface area (Å²) in [5.74, 6) is 0.981. The summed E-state index contributed by atoms with van der Waals surface area (Å²) in [5, 5.41) is 0. The summed E-state index contributed by atoms with van der Waals surface area (Å²) in [6.07, 6.45) is 5.59. The molecule has 0 radical (unpaired) electrons. The predicted molar refractivity (Wildman–Crippen MR) is 104 cm³/mol. The highest BCUT2D eigenvalue weighted by molar-refractivity contribution is 6.15. The SMILES string of the molecule is COc1ccc(C=C2CCC(=Cc3ccc(N(C)C)cc3)C2=O)cc1. The minimum atomic E-state index is 0.160. The van der Waals surface area contributed by atoms with E-state index in [-0.39, 0.29) is 5.78 Å². The summed E-state index contributed by atoms with van der Waals surface area (Å²) in [4.78, 5) is 14.7. The molecule has 1 aliphatic carbocycles. The summed E-state index contributed by atoms with van der Waals surface area (Å²) < 4.78 is 5.17. The Balaban J connectivity index is 1.77. The molecule has 0 amide bonds. The number of hydrogen-bond acceptors (Lipinski definition) is 3. The average molecular weight is 333 g/mol. The zero-order valence-corrected chi connectivity index (χ0v) is 15.0. The van der Waals surface area contributed by atoms with Crippen molar-refractivity contribution in [3.05, 3.63) is 70.8 Å². The molecule has 3 heteroatoms. The first-order valence-electron chi connectivity index (χ1n) is 8.44. The Morgan fingerprint density at radius 2 is 1.32 bits per heavy atom. The van der Waals surface area contributed by atoms with Crippen molar-refractivity contribution in [2.75, 3.05) is 26.1 Å². The summed E-state index contributed by atoms with van der Waals surface area (Å²) in [6.45, 7) is 0. The van der Waals surface area contributed by atoms with Gasteiger partial charge in [0.15, 0.2) is 5.78 Å². The summed E-state index contributed by atoms with van der Waals surface area (Å²) in [5.41, 5.74) is 5.01. The van der Waals surface area contributed by atoms with Gasteiger partial charge in [-0.2, -0.15) is 0 Å². The second-order valence-electron chi connectivity index (χ2n) is 6.43. The highest BCUT2D eigenvalue weighted by Crippen LogP contribution is 2.30. The number of allylic oxidation sites excluding steroid dienone is 2. The van der Waals surface area contributed by atoms with Gasteiger partial charge >= 0.3 is 0 Å². The number of rotatable bonds is 4. The lowest BCUT2D eigenvalue weighted by Crippen LogP contribution is -2.07. The molecule has 1 saturated carbocycles. The fourth-order valence-corrected chi connectivity index (χ4v) is 2.95. The van der Waals surface area contributed by atoms with Crippen molar-refractivity contribution in [3.63, 3.8) is 0 Å². The quantitative estimate of drug-likeness (QED) is 0.766. The molecule has 0 bridgehead atoms. The zero-order chi connectivity index (χ0) is 17.8. The molecule has 1 aliphatic rings. The van der Waals surface area contributed by atoms with Crippen LogP contribution in [0.4, 0.5) is 5.69 Å². The van der Waals surface area contributed by atoms with Crippen LogP contribution < -0.4 is 9.64 Å². The number of methoxy groups -OCH3 is 1. The number of ketones is 1. The molecule has 2 aromatic carbocycles. The van der Waals surface area contributed by atoms with Gasteiger partial charge in [-0.1, -0.05) is 24.3 Å². The lowest BCUT2D eigenvalue weighted by atomic mass is 10.1. The van der Waals surface area contributed by atoms with E-state index in [2.05, 4.69) is 29.2 Å². The van der Waals surface area contributed by atoms with Crippen molar-refractivity contribution in [3.8, 4) is 5.75 Å².